The van der Waals surface area contributed by atoms with Crippen molar-refractivity contribution in [2.24, 2.45) is 0 Å². The van der Waals surface area contributed by atoms with Crippen molar-refractivity contribution in [2.75, 3.05) is 19.7 Å². The lowest BCUT2D eigenvalue weighted by atomic mass is 9.98. The lowest BCUT2D eigenvalue weighted by Gasteiger charge is -2.21. The summed E-state index contributed by atoms with van der Waals surface area (Å²) in [5.74, 6) is -0.245. The molecule has 1 fully saturated rings. The summed E-state index contributed by atoms with van der Waals surface area (Å²) in [6.07, 6.45) is 8.10. The Labute approximate surface area is 137 Å². The second kappa shape index (κ2) is 10.2. The third-order valence-electron chi connectivity index (χ3n) is 4.10. The van der Waals surface area contributed by atoms with E-state index in [1.807, 2.05) is 6.07 Å². The number of nitrogens with one attached hydrogen (secondary N) is 2. The van der Waals surface area contributed by atoms with E-state index in [1.54, 1.807) is 6.07 Å². The van der Waals surface area contributed by atoms with Crippen LogP contribution in [0.5, 0.6) is 0 Å². The van der Waals surface area contributed by atoms with E-state index < -0.39 is 0 Å². The van der Waals surface area contributed by atoms with E-state index in [2.05, 4.69) is 10.6 Å². The van der Waals surface area contributed by atoms with Gasteiger partial charge in [0.2, 0.25) is 0 Å². The van der Waals surface area contributed by atoms with Gasteiger partial charge in [0.25, 0.3) is 0 Å². The summed E-state index contributed by atoms with van der Waals surface area (Å²) in [6.45, 7) is 1.81. The molecule has 2 N–H and O–H groups in total. The van der Waals surface area contributed by atoms with Crippen LogP contribution in [0.3, 0.4) is 0 Å². The number of halogens is 1. The van der Waals surface area contributed by atoms with Crippen LogP contribution in [0, 0.1) is 5.82 Å². The fourth-order valence-electron chi connectivity index (χ4n) is 2.83. The maximum Gasteiger partial charge on any atom is 0.314 e. The molecular formula is C18H27FN2O2. The Kier molecular flexibility index (Phi) is 7.87. The van der Waals surface area contributed by atoms with E-state index >= 15 is 0 Å². The second-order valence-electron chi connectivity index (χ2n) is 6.05. The van der Waals surface area contributed by atoms with Crippen LogP contribution in [0.25, 0.3) is 0 Å². The summed E-state index contributed by atoms with van der Waals surface area (Å²) in [5, 5.41) is 5.59. The number of hydrogen-bond acceptors (Lipinski definition) is 2. The number of carbonyl (C=O) groups is 1. The van der Waals surface area contributed by atoms with E-state index in [1.165, 1.54) is 44.2 Å². The molecule has 4 nitrogen and oxygen atoms in total. The molecule has 0 spiro atoms. The average Bonchev–Trinajstić information content (AvgIpc) is 2.55. The number of hydrogen-bond donors (Lipinski definition) is 2. The molecule has 0 saturated heterocycles. The van der Waals surface area contributed by atoms with Gasteiger partial charge < -0.3 is 15.4 Å². The third kappa shape index (κ3) is 7.46. The number of benzene rings is 1. The van der Waals surface area contributed by atoms with Gasteiger partial charge in [0.1, 0.15) is 5.82 Å². The number of urea groups is 1. The van der Waals surface area contributed by atoms with Crippen molar-refractivity contribution in [1.82, 2.24) is 10.6 Å². The topological polar surface area (TPSA) is 50.4 Å². The minimum absolute atomic E-state index is 0.181. The molecule has 0 radical (unpaired) electrons. The number of ether oxygens (including phenoxy) is 1. The Morgan fingerprint density at radius 1 is 1.17 bits per heavy atom. The molecule has 128 valence electrons. The summed E-state index contributed by atoms with van der Waals surface area (Å²) >= 11 is 0. The first-order chi connectivity index (χ1) is 11.2. The van der Waals surface area contributed by atoms with E-state index in [-0.39, 0.29) is 11.8 Å². The zero-order valence-electron chi connectivity index (χ0n) is 13.7. The fourth-order valence-corrected chi connectivity index (χ4v) is 2.83. The Morgan fingerprint density at radius 3 is 2.74 bits per heavy atom. The van der Waals surface area contributed by atoms with Gasteiger partial charge in [0.05, 0.1) is 6.10 Å². The quantitative estimate of drug-likeness (QED) is 0.721. The SMILES string of the molecule is O=C(NCCCOC1CCCCC1)NCCc1cccc(F)c1. The molecule has 0 aromatic heterocycles. The molecule has 0 atom stereocenters. The van der Waals surface area contributed by atoms with Gasteiger partial charge in [-0.05, 0) is 43.4 Å². The molecule has 2 amide bonds. The molecule has 1 aliphatic rings. The van der Waals surface area contributed by atoms with E-state index in [0.29, 0.717) is 32.2 Å². The molecule has 1 saturated carbocycles. The summed E-state index contributed by atoms with van der Waals surface area (Å²) < 4.78 is 18.8. The minimum Gasteiger partial charge on any atom is -0.378 e. The van der Waals surface area contributed by atoms with Gasteiger partial charge in [-0.25, -0.2) is 9.18 Å². The van der Waals surface area contributed by atoms with Crippen LogP contribution >= 0.6 is 0 Å². The van der Waals surface area contributed by atoms with Crippen LogP contribution in [-0.4, -0.2) is 31.8 Å². The zero-order valence-corrected chi connectivity index (χ0v) is 13.7. The van der Waals surface area contributed by atoms with E-state index in [4.69, 9.17) is 4.74 Å². The number of carbonyl (C=O) groups excluding carboxylic acids is 1. The van der Waals surface area contributed by atoms with Crippen molar-refractivity contribution in [3.05, 3.63) is 35.6 Å². The summed E-state index contributed by atoms with van der Waals surface area (Å²) in [7, 11) is 0. The molecular weight excluding hydrogens is 295 g/mol. The standard InChI is InChI=1S/C18H27FN2O2/c19-16-7-4-6-15(14-16)10-12-21-18(22)20-11-5-13-23-17-8-2-1-3-9-17/h4,6-7,14,17H,1-3,5,8-13H2,(H2,20,21,22). The first kappa shape index (κ1) is 17.7. The molecule has 1 aromatic carbocycles. The van der Waals surface area contributed by atoms with Crippen LogP contribution in [0.1, 0.15) is 44.1 Å². The average molecular weight is 322 g/mol. The number of rotatable bonds is 8. The third-order valence-corrected chi connectivity index (χ3v) is 4.10. The highest BCUT2D eigenvalue weighted by atomic mass is 19.1. The lowest BCUT2D eigenvalue weighted by molar-refractivity contribution is 0.0275. The molecule has 0 aliphatic heterocycles. The van der Waals surface area contributed by atoms with Gasteiger partial charge in [0.15, 0.2) is 0 Å². The smallest absolute Gasteiger partial charge is 0.314 e. The number of amides is 2. The summed E-state index contributed by atoms with van der Waals surface area (Å²) in [4.78, 5) is 11.6. The predicted molar refractivity (Wildman–Crippen MR) is 88.9 cm³/mol. The van der Waals surface area contributed by atoms with Crippen LogP contribution in [0.15, 0.2) is 24.3 Å². The van der Waals surface area contributed by atoms with E-state index in [9.17, 15) is 9.18 Å². The maximum atomic E-state index is 13.0. The molecule has 1 aromatic rings. The van der Waals surface area contributed by atoms with Crippen molar-refractivity contribution in [3.63, 3.8) is 0 Å². The maximum absolute atomic E-state index is 13.0. The molecule has 0 bridgehead atoms. The molecule has 5 heteroatoms. The fraction of sp³-hybridized carbons (Fsp3) is 0.611. The first-order valence-electron chi connectivity index (χ1n) is 8.62. The van der Waals surface area contributed by atoms with Crippen molar-refractivity contribution < 1.29 is 13.9 Å². The molecule has 0 heterocycles. The Morgan fingerprint density at radius 2 is 1.96 bits per heavy atom. The van der Waals surface area contributed by atoms with Gasteiger partial charge in [-0.15, -0.1) is 0 Å². The second-order valence-corrected chi connectivity index (χ2v) is 6.05. The van der Waals surface area contributed by atoms with Gasteiger partial charge in [-0.3, -0.25) is 0 Å². The Balaban J connectivity index is 1.46. The van der Waals surface area contributed by atoms with Gasteiger partial charge in [-0.2, -0.15) is 0 Å². The molecule has 2 rings (SSSR count). The van der Waals surface area contributed by atoms with Crippen LogP contribution in [0.2, 0.25) is 0 Å². The van der Waals surface area contributed by atoms with Crippen LogP contribution in [-0.2, 0) is 11.2 Å². The molecule has 23 heavy (non-hydrogen) atoms. The van der Waals surface area contributed by atoms with Crippen molar-refractivity contribution in [2.45, 2.75) is 51.0 Å². The first-order valence-corrected chi connectivity index (χ1v) is 8.62. The minimum atomic E-state index is -0.245. The lowest BCUT2D eigenvalue weighted by Crippen LogP contribution is -2.37. The van der Waals surface area contributed by atoms with Gasteiger partial charge in [0, 0.05) is 19.7 Å². The predicted octanol–water partition coefficient (Wildman–Crippen LogP) is 3.41. The van der Waals surface area contributed by atoms with Gasteiger partial charge in [-0.1, -0.05) is 31.4 Å². The Hall–Kier alpha value is -1.62. The van der Waals surface area contributed by atoms with Crippen molar-refractivity contribution in [1.29, 1.82) is 0 Å². The molecule has 1 aliphatic carbocycles. The summed E-state index contributed by atoms with van der Waals surface area (Å²) in [6, 6.07) is 6.25. The Bertz CT molecular complexity index is 476. The van der Waals surface area contributed by atoms with Gasteiger partial charge >= 0.3 is 6.03 Å². The zero-order chi connectivity index (χ0) is 16.3. The molecule has 0 unspecified atom stereocenters. The normalized spacial score (nSPS) is 15.3. The van der Waals surface area contributed by atoms with E-state index in [0.717, 1.165) is 12.0 Å². The summed E-state index contributed by atoms with van der Waals surface area (Å²) in [5.41, 5.74) is 0.881. The van der Waals surface area contributed by atoms with Crippen LogP contribution in [0.4, 0.5) is 9.18 Å². The van der Waals surface area contributed by atoms with Crippen molar-refractivity contribution >= 4 is 6.03 Å². The monoisotopic (exact) mass is 322 g/mol. The highest BCUT2D eigenvalue weighted by molar-refractivity contribution is 5.73. The van der Waals surface area contributed by atoms with Crippen molar-refractivity contribution in [3.8, 4) is 0 Å². The largest absolute Gasteiger partial charge is 0.378 e. The highest BCUT2D eigenvalue weighted by Crippen LogP contribution is 2.20. The van der Waals surface area contributed by atoms with Crippen LogP contribution < -0.4 is 10.6 Å². The highest BCUT2D eigenvalue weighted by Gasteiger charge is 2.12.